The highest BCUT2D eigenvalue weighted by molar-refractivity contribution is 5.81. The van der Waals surface area contributed by atoms with Crippen LogP contribution in [-0.4, -0.2) is 16.2 Å². The van der Waals surface area contributed by atoms with Crippen LogP contribution in [0.25, 0.3) is 0 Å². The summed E-state index contributed by atoms with van der Waals surface area (Å²) in [6.45, 7) is 0. The van der Waals surface area contributed by atoms with Crippen LogP contribution in [0.3, 0.4) is 0 Å². The maximum Gasteiger partial charge on any atom is 0.410 e. The van der Waals surface area contributed by atoms with Crippen LogP contribution in [0.4, 0.5) is 20.7 Å². The van der Waals surface area contributed by atoms with Gasteiger partial charge in [0.2, 0.25) is 0 Å². The van der Waals surface area contributed by atoms with E-state index in [0.29, 0.717) is 0 Å². The molecule has 0 atom stereocenters. The minimum atomic E-state index is -1.27. The first-order valence-electron chi connectivity index (χ1n) is 3.00. The number of nitrogens with one attached hydrogen (secondary N) is 1. The van der Waals surface area contributed by atoms with Crippen LogP contribution >= 0.6 is 0 Å². The second kappa shape index (κ2) is 3.04. The van der Waals surface area contributed by atoms with Crippen molar-refractivity contribution in [3.63, 3.8) is 0 Å². The van der Waals surface area contributed by atoms with E-state index in [1.165, 1.54) is 0 Å². The highest BCUT2D eigenvalue weighted by atomic mass is 19.1. The molecule has 12 heavy (non-hydrogen) atoms. The second-order valence-corrected chi connectivity index (χ2v) is 2.02. The van der Waals surface area contributed by atoms with Gasteiger partial charge in [0.1, 0.15) is 5.82 Å². The predicted octanol–water partition coefficient (Wildman–Crippen LogP) is 0.893. The molecule has 4 N–H and O–H groups in total. The van der Waals surface area contributed by atoms with Gasteiger partial charge in [-0.3, -0.25) is 5.32 Å². The van der Waals surface area contributed by atoms with Gasteiger partial charge in [0.15, 0.2) is 5.82 Å². The van der Waals surface area contributed by atoms with E-state index in [9.17, 15) is 9.18 Å². The Bertz CT molecular complexity index is 316. The summed E-state index contributed by atoms with van der Waals surface area (Å²) < 4.78 is 12.5. The van der Waals surface area contributed by atoms with Gasteiger partial charge in [0.25, 0.3) is 0 Å². The molecule has 1 aromatic rings. The first-order chi connectivity index (χ1) is 5.59. The van der Waals surface area contributed by atoms with E-state index < -0.39 is 11.9 Å². The van der Waals surface area contributed by atoms with Gasteiger partial charge in [-0.25, -0.2) is 14.2 Å². The summed E-state index contributed by atoms with van der Waals surface area (Å²) in [6, 6.07) is 1.10. The first kappa shape index (κ1) is 8.25. The zero-order chi connectivity index (χ0) is 9.14. The minimum Gasteiger partial charge on any atom is -0.465 e. The number of carboxylic acid groups (broad SMARTS) is 1. The molecule has 5 nitrogen and oxygen atoms in total. The molecular weight excluding hydrogens is 165 g/mol. The van der Waals surface area contributed by atoms with Crippen LogP contribution in [0.5, 0.6) is 0 Å². The lowest BCUT2D eigenvalue weighted by Gasteiger charge is -2.00. The Hall–Kier alpha value is -1.85. The van der Waals surface area contributed by atoms with Crippen molar-refractivity contribution in [1.82, 2.24) is 4.98 Å². The Morgan fingerprint density at radius 3 is 2.92 bits per heavy atom. The van der Waals surface area contributed by atoms with Crippen molar-refractivity contribution in [1.29, 1.82) is 0 Å². The number of nitrogen functional groups attached to an aromatic ring is 1. The fraction of sp³-hybridized carbons (Fsp3) is 0. The van der Waals surface area contributed by atoms with Gasteiger partial charge in [-0.2, -0.15) is 0 Å². The number of carbonyl (C=O) groups is 1. The molecule has 0 unspecified atom stereocenters. The quantitative estimate of drug-likeness (QED) is 0.585. The summed E-state index contributed by atoms with van der Waals surface area (Å²) in [7, 11) is 0. The number of pyridine rings is 1. The largest absolute Gasteiger partial charge is 0.465 e. The molecule has 0 aliphatic rings. The van der Waals surface area contributed by atoms with E-state index in [1.54, 1.807) is 0 Å². The molecule has 1 amide bonds. The summed E-state index contributed by atoms with van der Waals surface area (Å²) in [5.41, 5.74) is 5.00. The van der Waals surface area contributed by atoms with Gasteiger partial charge in [-0.05, 0) is 0 Å². The molecule has 0 saturated carbocycles. The average Bonchev–Trinajstić information content (AvgIpc) is 1.96. The summed E-state index contributed by atoms with van der Waals surface area (Å²) in [5, 5.41) is 10.2. The Morgan fingerprint density at radius 1 is 1.75 bits per heavy atom. The van der Waals surface area contributed by atoms with E-state index in [1.807, 2.05) is 5.32 Å². The molecule has 0 radical (unpaired) electrons. The van der Waals surface area contributed by atoms with Gasteiger partial charge < -0.3 is 10.8 Å². The van der Waals surface area contributed by atoms with Crippen LogP contribution < -0.4 is 11.1 Å². The number of hydrogen-bond acceptors (Lipinski definition) is 3. The second-order valence-electron chi connectivity index (χ2n) is 2.02. The summed E-state index contributed by atoms with van der Waals surface area (Å²) in [5.74, 6) is -0.674. The molecule has 1 aromatic heterocycles. The molecule has 0 bridgehead atoms. The van der Waals surface area contributed by atoms with Crippen molar-refractivity contribution in [2.45, 2.75) is 0 Å². The molecule has 0 aliphatic carbocycles. The van der Waals surface area contributed by atoms with E-state index >= 15 is 0 Å². The lowest BCUT2D eigenvalue weighted by molar-refractivity contribution is 0.209. The van der Waals surface area contributed by atoms with E-state index in [2.05, 4.69) is 4.98 Å². The normalized spacial score (nSPS) is 9.42. The van der Waals surface area contributed by atoms with Gasteiger partial charge in [-0.15, -0.1) is 0 Å². The van der Waals surface area contributed by atoms with Gasteiger partial charge in [0, 0.05) is 6.07 Å². The predicted molar refractivity (Wildman–Crippen MR) is 40.3 cm³/mol. The average molecular weight is 171 g/mol. The molecule has 0 spiro atoms. The first-order valence-corrected chi connectivity index (χ1v) is 3.00. The standard InChI is InChI=1S/C6H6FN3O2/c7-3-2-9-5(1-4(3)8)10-6(11)12/h1-2H,(H,11,12)(H3,8,9,10). The van der Waals surface area contributed by atoms with Gasteiger partial charge >= 0.3 is 6.09 Å². The number of nitrogens with two attached hydrogens (primary N) is 1. The molecular formula is C6H6FN3O2. The van der Waals surface area contributed by atoms with Crippen LogP contribution in [0.15, 0.2) is 12.3 Å². The number of aromatic nitrogens is 1. The molecule has 0 aliphatic heterocycles. The number of amides is 1. The van der Waals surface area contributed by atoms with Crippen LogP contribution in [0, 0.1) is 5.82 Å². The third-order valence-corrected chi connectivity index (χ3v) is 1.12. The summed E-state index contributed by atoms with van der Waals surface area (Å²) >= 11 is 0. The Labute approximate surface area is 67.0 Å². The fourth-order valence-electron chi connectivity index (χ4n) is 0.632. The molecule has 64 valence electrons. The number of hydrogen-bond donors (Lipinski definition) is 3. The zero-order valence-electron chi connectivity index (χ0n) is 5.91. The molecule has 0 aromatic carbocycles. The maximum absolute atomic E-state index is 12.5. The fourth-order valence-corrected chi connectivity index (χ4v) is 0.632. The molecule has 6 heteroatoms. The number of halogens is 1. The van der Waals surface area contributed by atoms with Crippen molar-refractivity contribution in [2.24, 2.45) is 0 Å². The van der Waals surface area contributed by atoms with Crippen LogP contribution in [0.1, 0.15) is 0 Å². The smallest absolute Gasteiger partial charge is 0.410 e. The van der Waals surface area contributed by atoms with Crippen molar-refractivity contribution < 1.29 is 14.3 Å². The monoisotopic (exact) mass is 171 g/mol. The Balaban J connectivity index is 2.89. The lowest BCUT2D eigenvalue weighted by Crippen LogP contribution is -2.09. The Morgan fingerprint density at radius 2 is 2.42 bits per heavy atom. The lowest BCUT2D eigenvalue weighted by atomic mass is 10.4. The highest BCUT2D eigenvalue weighted by Gasteiger charge is 2.02. The number of anilines is 2. The SMILES string of the molecule is Nc1cc(NC(=O)O)ncc1F. The van der Waals surface area contributed by atoms with E-state index in [4.69, 9.17) is 10.8 Å². The number of nitrogens with zero attached hydrogens (tertiary/aromatic N) is 1. The topological polar surface area (TPSA) is 88.2 Å². The van der Waals surface area contributed by atoms with Crippen LogP contribution in [0.2, 0.25) is 0 Å². The van der Waals surface area contributed by atoms with Crippen LogP contribution in [-0.2, 0) is 0 Å². The molecule has 1 heterocycles. The number of rotatable bonds is 1. The molecule has 1 rings (SSSR count). The Kier molecular flexibility index (Phi) is 2.09. The summed E-state index contributed by atoms with van der Waals surface area (Å²) in [4.78, 5) is 13.5. The maximum atomic E-state index is 12.5. The minimum absolute atomic E-state index is 0.00130. The van der Waals surface area contributed by atoms with Crippen molar-refractivity contribution >= 4 is 17.6 Å². The van der Waals surface area contributed by atoms with E-state index in [-0.39, 0.29) is 11.5 Å². The molecule has 0 saturated heterocycles. The third kappa shape index (κ3) is 1.82. The highest BCUT2D eigenvalue weighted by Crippen LogP contribution is 2.12. The van der Waals surface area contributed by atoms with Crippen molar-refractivity contribution in [2.75, 3.05) is 11.1 Å². The van der Waals surface area contributed by atoms with Crippen molar-refractivity contribution in [3.05, 3.63) is 18.1 Å². The van der Waals surface area contributed by atoms with Gasteiger partial charge in [-0.1, -0.05) is 0 Å². The van der Waals surface area contributed by atoms with Crippen molar-refractivity contribution in [3.8, 4) is 0 Å². The third-order valence-electron chi connectivity index (χ3n) is 1.12. The summed E-state index contributed by atoms with van der Waals surface area (Å²) in [6.07, 6.45) is -0.422. The molecule has 0 fully saturated rings. The van der Waals surface area contributed by atoms with Gasteiger partial charge in [0.05, 0.1) is 11.9 Å². The van der Waals surface area contributed by atoms with E-state index in [0.717, 1.165) is 12.3 Å². The zero-order valence-corrected chi connectivity index (χ0v) is 5.91.